The molecule has 0 bridgehead atoms. The molecule has 7 heteroatoms. The van der Waals surface area contributed by atoms with Crippen LogP contribution in [0.25, 0.3) is 0 Å². The average molecular weight is 442 g/mol. The molecule has 0 spiro atoms. The van der Waals surface area contributed by atoms with Crippen LogP contribution in [0.3, 0.4) is 0 Å². The minimum absolute atomic E-state index is 0.0260. The van der Waals surface area contributed by atoms with Crippen LogP contribution in [0.5, 0.6) is 23.0 Å². The second-order valence-corrected chi connectivity index (χ2v) is 7.49. The Morgan fingerprint density at radius 3 is 2.36 bits per heavy atom. The number of methoxy groups -OCH3 is 2. The van der Waals surface area contributed by atoms with Gasteiger partial charge in [0.15, 0.2) is 0 Å². The number of allylic oxidation sites excluding steroid dienone is 1. The number of nitrogens with zero attached hydrogens (tertiary/aromatic N) is 1. The van der Waals surface area contributed by atoms with E-state index in [1.54, 1.807) is 62.8 Å². The molecule has 1 atom stereocenters. The summed E-state index contributed by atoms with van der Waals surface area (Å²) in [7, 11) is 3.12. The van der Waals surface area contributed by atoms with E-state index in [0.29, 0.717) is 39.7 Å². The average Bonchev–Trinajstić information content (AvgIpc) is 2.83. The summed E-state index contributed by atoms with van der Waals surface area (Å²) >= 11 is 0. The van der Waals surface area contributed by atoms with E-state index in [1.165, 1.54) is 0 Å². The van der Waals surface area contributed by atoms with Crippen molar-refractivity contribution in [1.29, 1.82) is 5.26 Å². The monoisotopic (exact) mass is 442 g/mol. The van der Waals surface area contributed by atoms with E-state index in [9.17, 15) is 10.1 Å². The van der Waals surface area contributed by atoms with Crippen LogP contribution in [0.2, 0.25) is 0 Å². The molecule has 1 heterocycles. The van der Waals surface area contributed by atoms with Crippen molar-refractivity contribution in [1.82, 2.24) is 0 Å². The van der Waals surface area contributed by atoms with Crippen LogP contribution in [-0.2, 0) is 0 Å². The predicted octanol–water partition coefficient (Wildman–Crippen LogP) is 4.45. The molecule has 0 saturated heterocycles. The molecule has 0 saturated carbocycles. The number of aryl methyl sites for hydroxylation is 1. The van der Waals surface area contributed by atoms with Crippen molar-refractivity contribution < 1.29 is 23.7 Å². The van der Waals surface area contributed by atoms with Gasteiger partial charge >= 0.3 is 5.97 Å². The van der Waals surface area contributed by atoms with Gasteiger partial charge in [0, 0.05) is 17.2 Å². The third-order valence-electron chi connectivity index (χ3n) is 5.44. The number of ether oxygens (including phenoxy) is 4. The van der Waals surface area contributed by atoms with E-state index in [1.807, 2.05) is 19.1 Å². The van der Waals surface area contributed by atoms with Gasteiger partial charge < -0.3 is 24.7 Å². The molecule has 2 N–H and O–H groups in total. The van der Waals surface area contributed by atoms with Crippen molar-refractivity contribution in [2.75, 3.05) is 14.2 Å². The van der Waals surface area contributed by atoms with Crippen molar-refractivity contribution in [3.63, 3.8) is 0 Å². The fourth-order valence-electron chi connectivity index (χ4n) is 3.74. The summed E-state index contributed by atoms with van der Waals surface area (Å²) in [5.74, 6) is 0.799. The van der Waals surface area contributed by atoms with Crippen molar-refractivity contribution >= 4 is 5.97 Å². The van der Waals surface area contributed by atoms with Crippen LogP contribution < -0.4 is 24.7 Å². The van der Waals surface area contributed by atoms with Gasteiger partial charge in [-0.25, -0.2) is 4.79 Å². The first-order valence-corrected chi connectivity index (χ1v) is 10.2. The first kappa shape index (κ1) is 21.8. The minimum Gasteiger partial charge on any atom is -0.497 e. The van der Waals surface area contributed by atoms with E-state index >= 15 is 0 Å². The molecule has 166 valence electrons. The fourth-order valence-corrected chi connectivity index (χ4v) is 3.74. The zero-order valence-corrected chi connectivity index (χ0v) is 18.4. The van der Waals surface area contributed by atoms with E-state index in [2.05, 4.69) is 6.07 Å². The third-order valence-corrected chi connectivity index (χ3v) is 5.44. The van der Waals surface area contributed by atoms with Gasteiger partial charge in [-0.2, -0.15) is 5.26 Å². The van der Waals surface area contributed by atoms with Gasteiger partial charge in [-0.1, -0.05) is 23.8 Å². The number of hydrogen-bond donors (Lipinski definition) is 1. The summed E-state index contributed by atoms with van der Waals surface area (Å²) in [6, 6.07) is 19.6. The topological polar surface area (TPSA) is 104 Å². The molecule has 0 radical (unpaired) electrons. The first-order valence-electron chi connectivity index (χ1n) is 10.2. The number of fused-ring (bicyclic) bond motifs is 1. The Morgan fingerprint density at radius 2 is 1.70 bits per heavy atom. The van der Waals surface area contributed by atoms with Gasteiger partial charge in [-0.15, -0.1) is 0 Å². The second kappa shape index (κ2) is 8.97. The van der Waals surface area contributed by atoms with E-state index < -0.39 is 11.9 Å². The predicted molar refractivity (Wildman–Crippen MR) is 121 cm³/mol. The van der Waals surface area contributed by atoms with Gasteiger partial charge in [0.1, 0.15) is 34.6 Å². The summed E-state index contributed by atoms with van der Waals surface area (Å²) < 4.78 is 22.2. The smallest absolute Gasteiger partial charge is 0.343 e. The highest BCUT2D eigenvalue weighted by Gasteiger charge is 2.33. The number of nitrogens with two attached hydrogens (primary N) is 1. The highest BCUT2D eigenvalue weighted by molar-refractivity contribution is 5.91. The maximum Gasteiger partial charge on any atom is 0.343 e. The van der Waals surface area contributed by atoms with E-state index in [0.717, 1.165) is 5.56 Å². The van der Waals surface area contributed by atoms with Gasteiger partial charge in [0.25, 0.3) is 0 Å². The van der Waals surface area contributed by atoms with Crippen LogP contribution in [-0.4, -0.2) is 20.2 Å². The molecule has 0 amide bonds. The highest BCUT2D eigenvalue weighted by atomic mass is 16.5. The minimum atomic E-state index is -0.550. The third kappa shape index (κ3) is 4.19. The molecule has 0 aliphatic carbocycles. The Labute approximate surface area is 191 Å². The highest BCUT2D eigenvalue weighted by Crippen LogP contribution is 2.46. The quantitative estimate of drug-likeness (QED) is 0.460. The summed E-state index contributed by atoms with van der Waals surface area (Å²) in [5.41, 5.74) is 9.22. The summed E-state index contributed by atoms with van der Waals surface area (Å²) in [6.45, 7) is 1.94. The van der Waals surface area contributed by atoms with E-state index in [4.69, 9.17) is 24.7 Å². The summed E-state index contributed by atoms with van der Waals surface area (Å²) in [4.78, 5) is 12.5. The largest absolute Gasteiger partial charge is 0.497 e. The lowest BCUT2D eigenvalue weighted by molar-refractivity contribution is 0.0734. The first-order chi connectivity index (χ1) is 15.9. The standard InChI is InChI=1S/C26H22N2O5/c1-15-4-6-16(7-5-15)26(29)32-18-8-10-19-23(13-18)33-25(28)21(14-27)24(19)20-12-17(30-2)9-11-22(20)31-3/h4-13,24H,28H2,1-3H3. The second-order valence-electron chi connectivity index (χ2n) is 7.49. The number of carbonyl (C=O) groups is 1. The molecule has 1 aliphatic heterocycles. The number of benzene rings is 3. The van der Waals surface area contributed by atoms with Crippen molar-refractivity contribution in [3.8, 4) is 29.1 Å². The normalized spacial score (nSPS) is 14.5. The van der Waals surface area contributed by atoms with Crippen molar-refractivity contribution in [3.05, 3.63) is 94.4 Å². The SMILES string of the molecule is COc1ccc(OC)c(C2C(C#N)=C(N)Oc3cc(OC(=O)c4ccc(C)cc4)ccc32)c1. The molecule has 0 aromatic heterocycles. The number of nitriles is 1. The van der Waals surface area contributed by atoms with Crippen molar-refractivity contribution in [2.24, 2.45) is 5.73 Å². The number of esters is 1. The summed E-state index contributed by atoms with van der Waals surface area (Å²) in [5, 5.41) is 9.82. The molecular formula is C26H22N2O5. The zero-order chi connectivity index (χ0) is 23.5. The lowest BCUT2D eigenvalue weighted by Crippen LogP contribution is -2.21. The Balaban J connectivity index is 1.74. The molecule has 7 nitrogen and oxygen atoms in total. The summed E-state index contributed by atoms with van der Waals surface area (Å²) in [6.07, 6.45) is 0. The van der Waals surface area contributed by atoms with Gasteiger partial charge in [0.05, 0.1) is 25.7 Å². The van der Waals surface area contributed by atoms with Gasteiger partial charge in [0.2, 0.25) is 5.88 Å². The molecule has 4 rings (SSSR count). The fraction of sp³-hybridized carbons (Fsp3) is 0.154. The van der Waals surface area contributed by atoms with E-state index in [-0.39, 0.29) is 11.5 Å². The lowest BCUT2D eigenvalue weighted by atomic mass is 9.83. The molecular weight excluding hydrogens is 420 g/mol. The molecule has 33 heavy (non-hydrogen) atoms. The molecule has 1 aliphatic rings. The Morgan fingerprint density at radius 1 is 0.970 bits per heavy atom. The maximum atomic E-state index is 12.5. The van der Waals surface area contributed by atoms with Crippen LogP contribution >= 0.6 is 0 Å². The van der Waals surface area contributed by atoms with Gasteiger partial charge in [-0.05, 0) is 43.3 Å². The van der Waals surface area contributed by atoms with Crippen molar-refractivity contribution in [2.45, 2.75) is 12.8 Å². The molecule has 0 fully saturated rings. The van der Waals surface area contributed by atoms with Crippen LogP contribution in [0, 0.1) is 18.3 Å². The lowest BCUT2D eigenvalue weighted by Gasteiger charge is -2.28. The Hall–Kier alpha value is -4.44. The molecule has 3 aromatic carbocycles. The maximum absolute atomic E-state index is 12.5. The van der Waals surface area contributed by atoms with Crippen LogP contribution in [0.4, 0.5) is 0 Å². The Kier molecular flexibility index (Phi) is 5.92. The van der Waals surface area contributed by atoms with Gasteiger partial charge in [-0.3, -0.25) is 0 Å². The number of hydrogen-bond acceptors (Lipinski definition) is 7. The zero-order valence-electron chi connectivity index (χ0n) is 18.4. The molecule has 1 unspecified atom stereocenters. The van der Waals surface area contributed by atoms with Crippen LogP contribution in [0.1, 0.15) is 33.0 Å². The van der Waals surface area contributed by atoms with Crippen LogP contribution in [0.15, 0.2) is 72.1 Å². The Bertz CT molecular complexity index is 1290. The molecule has 3 aromatic rings. The number of rotatable bonds is 5. The number of carbonyl (C=O) groups excluding carboxylic acids is 1.